The van der Waals surface area contributed by atoms with E-state index < -0.39 is 17.8 Å². The minimum atomic E-state index is -0.837. The van der Waals surface area contributed by atoms with Gasteiger partial charge in [-0.2, -0.15) is 5.26 Å². The van der Waals surface area contributed by atoms with Crippen LogP contribution in [-0.2, 0) is 16.1 Å². The fourth-order valence-corrected chi connectivity index (χ4v) is 3.49. The number of nitriles is 1. The van der Waals surface area contributed by atoms with Gasteiger partial charge < -0.3 is 19.6 Å². The minimum absolute atomic E-state index is 0.0531. The Hall–Kier alpha value is -3.64. The standard InChI is InChI=1S/C20H15FN2O5S/c1-2-26-20(25)17-13(12(9-22)18(23)29-17)10-27-19(24)16-8-7-15(28-16)11-5-3-4-6-14(11)21/h3-8H,2,10,23H2,1H3. The van der Waals surface area contributed by atoms with Crippen molar-refractivity contribution in [2.75, 3.05) is 12.3 Å². The van der Waals surface area contributed by atoms with Gasteiger partial charge in [-0.3, -0.25) is 0 Å². The smallest absolute Gasteiger partial charge is 0.374 e. The summed E-state index contributed by atoms with van der Waals surface area (Å²) in [6, 6.07) is 10.7. The van der Waals surface area contributed by atoms with Gasteiger partial charge in [0.1, 0.15) is 34.1 Å². The molecule has 2 N–H and O–H groups in total. The largest absolute Gasteiger partial charge is 0.462 e. The number of esters is 2. The molecule has 0 aliphatic heterocycles. The van der Waals surface area contributed by atoms with Gasteiger partial charge in [0.25, 0.3) is 0 Å². The maximum atomic E-state index is 13.9. The van der Waals surface area contributed by atoms with Crippen molar-refractivity contribution in [2.24, 2.45) is 0 Å². The Morgan fingerprint density at radius 3 is 2.66 bits per heavy atom. The second-order valence-electron chi connectivity index (χ2n) is 5.70. The SMILES string of the molecule is CCOC(=O)c1sc(N)c(C#N)c1COC(=O)c1ccc(-c2ccccc2F)o1. The highest BCUT2D eigenvalue weighted by atomic mass is 32.1. The first kappa shape index (κ1) is 20.1. The number of hydrogen-bond donors (Lipinski definition) is 1. The molecular weight excluding hydrogens is 399 g/mol. The molecule has 0 bridgehead atoms. The second kappa shape index (κ2) is 8.58. The van der Waals surface area contributed by atoms with Crippen molar-refractivity contribution in [1.82, 2.24) is 0 Å². The van der Waals surface area contributed by atoms with Crippen LogP contribution in [0.2, 0.25) is 0 Å². The van der Waals surface area contributed by atoms with E-state index in [1.54, 1.807) is 13.0 Å². The van der Waals surface area contributed by atoms with E-state index in [1.165, 1.54) is 30.3 Å². The monoisotopic (exact) mass is 414 g/mol. The molecule has 29 heavy (non-hydrogen) atoms. The van der Waals surface area contributed by atoms with E-state index in [-0.39, 0.29) is 51.3 Å². The average molecular weight is 414 g/mol. The zero-order valence-corrected chi connectivity index (χ0v) is 16.0. The minimum Gasteiger partial charge on any atom is -0.462 e. The third-order valence-electron chi connectivity index (χ3n) is 3.90. The first-order valence-corrected chi connectivity index (χ1v) is 9.28. The maximum absolute atomic E-state index is 13.9. The van der Waals surface area contributed by atoms with E-state index in [9.17, 15) is 19.2 Å². The van der Waals surface area contributed by atoms with Gasteiger partial charge in [0.05, 0.1) is 17.7 Å². The molecule has 9 heteroatoms. The number of halogens is 1. The summed E-state index contributed by atoms with van der Waals surface area (Å²) in [7, 11) is 0. The van der Waals surface area contributed by atoms with E-state index in [0.717, 1.165) is 11.3 Å². The molecule has 3 rings (SSSR count). The molecule has 0 amide bonds. The van der Waals surface area contributed by atoms with Gasteiger partial charge in [0.15, 0.2) is 0 Å². The molecule has 148 valence electrons. The van der Waals surface area contributed by atoms with Crippen LogP contribution < -0.4 is 5.73 Å². The van der Waals surface area contributed by atoms with Gasteiger partial charge in [-0.1, -0.05) is 12.1 Å². The molecule has 3 aromatic rings. The van der Waals surface area contributed by atoms with Crippen LogP contribution in [0.25, 0.3) is 11.3 Å². The van der Waals surface area contributed by atoms with Crippen LogP contribution in [-0.4, -0.2) is 18.5 Å². The number of carbonyl (C=O) groups is 2. The lowest BCUT2D eigenvalue weighted by atomic mass is 10.1. The number of furan rings is 1. The van der Waals surface area contributed by atoms with Crippen molar-refractivity contribution in [3.8, 4) is 17.4 Å². The summed E-state index contributed by atoms with van der Waals surface area (Å²) < 4.78 is 29.4. The molecule has 0 atom stereocenters. The lowest BCUT2D eigenvalue weighted by molar-refractivity contribution is 0.0423. The Labute approximate surface area is 169 Å². The molecule has 0 aliphatic rings. The lowest BCUT2D eigenvalue weighted by Crippen LogP contribution is -2.09. The van der Waals surface area contributed by atoms with Gasteiger partial charge >= 0.3 is 11.9 Å². The van der Waals surface area contributed by atoms with Crippen molar-refractivity contribution in [3.63, 3.8) is 0 Å². The summed E-state index contributed by atoms with van der Waals surface area (Å²) in [5, 5.41) is 9.42. The van der Waals surface area contributed by atoms with Gasteiger partial charge in [0.2, 0.25) is 5.76 Å². The summed E-state index contributed by atoms with van der Waals surface area (Å²) in [4.78, 5) is 24.5. The third kappa shape index (κ3) is 4.12. The zero-order valence-electron chi connectivity index (χ0n) is 15.2. The topological polar surface area (TPSA) is 116 Å². The number of nitrogens with zero attached hydrogens (tertiary/aromatic N) is 1. The first-order valence-electron chi connectivity index (χ1n) is 8.46. The van der Waals surface area contributed by atoms with Crippen LogP contribution in [0.1, 0.15) is 38.3 Å². The summed E-state index contributed by atoms with van der Waals surface area (Å²) in [6.45, 7) is 1.41. The second-order valence-corrected chi connectivity index (χ2v) is 6.75. The van der Waals surface area contributed by atoms with Crippen LogP contribution in [0.4, 0.5) is 9.39 Å². The maximum Gasteiger partial charge on any atom is 0.374 e. The Morgan fingerprint density at radius 2 is 1.97 bits per heavy atom. The Kier molecular flexibility index (Phi) is 5.95. The summed E-state index contributed by atoms with van der Waals surface area (Å²) in [5.74, 6) is -1.97. The Balaban J connectivity index is 1.79. The first-order chi connectivity index (χ1) is 14.0. The summed E-state index contributed by atoms with van der Waals surface area (Å²) in [5.41, 5.74) is 6.20. The number of nitrogen functional groups attached to an aromatic ring is 1. The molecule has 0 radical (unpaired) electrons. The normalized spacial score (nSPS) is 10.4. The number of thiophene rings is 1. The average Bonchev–Trinajstić information content (AvgIpc) is 3.31. The predicted molar refractivity (Wildman–Crippen MR) is 103 cm³/mol. The third-order valence-corrected chi connectivity index (χ3v) is 4.94. The molecule has 2 heterocycles. The zero-order chi connectivity index (χ0) is 21.0. The van der Waals surface area contributed by atoms with E-state index in [0.29, 0.717) is 0 Å². The van der Waals surface area contributed by atoms with Crippen LogP contribution in [0.3, 0.4) is 0 Å². The highest BCUT2D eigenvalue weighted by molar-refractivity contribution is 7.18. The molecule has 0 saturated heterocycles. The van der Waals surface area contributed by atoms with Crippen molar-refractivity contribution < 1.29 is 27.9 Å². The number of nitrogens with two attached hydrogens (primary N) is 1. The fraction of sp³-hybridized carbons (Fsp3) is 0.150. The van der Waals surface area contributed by atoms with Crippen LogP contribution in [0.5, 0.6) is 0 Å². The van der Waals surface area contributed by atoms with Crippen LogP contribution >= 0.6 is 11.3 Å². The molecule has 0 fully saturated rings. The molecule has 7 nitrogen and oxygen atoms in total. The number of benzene rings is 1. The lowest BCUT2D eigenvalue weighted by Gasteiger charge is -2.05. The highest BCUT2D eigenvalue weighted by Crippen LogP contribution is 2.32. The van der Waals surface area contributed by atoms with Crippen molar-refractivity contribution in [1.29, 1.82) is 5.26 Å². The van der Waals surface area contributed by atoms with Gasteiger partial charge in [0, 0.05) is 5.56 Å². The fourth-order valence-electron chi connectivity index (χ4n) is 2.57. The van der Waals surface area contributed by atoms with Crippen molar-refractivity contribution in [2.45, 2.75) is 13.5 Å². The number of carbonyl (C=O) groups excluding carboxylic acids is 2. The molecule has 0 spiro atoms. The van der Waals surface area contributed by atoms with Crippen molar-refractivity contribution >= 4 is 28.3 Å². The van der Waals surface area contributed by atoms with Crippen molar-refractivity contribution in [3.05, 3.63) is 64.0 Å². The van der Waals surface area contributed by atoms with E-state index in [1.807, 2.05) is 6.07 Å². The Bertz CT molecular complexity index is 1110. The molecule has 2 aromatic heterocycles. The van der Waals surface area contributed by atoms with Crippen LogP contribution in [0.15, 0.2) is 40.8 Å². The summed E-state index contributed by atoms with van der Waals surface area (Å²) >= 11 is 0.888. The number of anilines is 1. The van der Waals surface area contributed by atoms with Gasteiger partial charge in [-0.15, -0.1) is 11.3 Å². The van der Waals surface area contributed by atoms with Gasteiger partial charge in [-0.25, -0.2) is 14.0 Å². The molecule has 0 saturated carbocycles. The summed E-state index contributed by atoms with van der Waals surface area (Å²) in [6.07, 6.45) is 0. The quantitative estimate of drug-likeness (QED) is 0.603. The molecule has 1 aromatic carbocycles. The number of ether oxygens (including phenoxy) is 2. The van der Waals surface area contributed by atoms with Gasteiger partial charge in [-0.05, 0) is 31.2 Å². The van der Waals surface area contributed by atoms with Crippen LogP contribution in [0, 0.1) is 17.1 Å². The van der Waals surface area contributed by atoms with E-state index >= 15 is 0 Å². The van der Waals surface area contributed by atoms with E-state index in [2.05, 4.69) is 0 Å². The molecule has 0 unspecified atom stereocenters. The highest BCUT2D eigenvalue weighted by Gasteiger charge is 2.25. The number of hydrogen-bond acceptors (Lipinski definition) is 8. The molecule has 0 aliphatic carbocycles. The number of rotatable bonds is 6. The van der Waals surface area contributed by atoms with E-state index in [4.69, 9.17) is 19.6 Å². The molecular formula is C20H15FN2O5S. The Morgan fingerprint density at radius 1 is 1.21 bits per heavy atom. The predicted octanol–water partition coefficient (Wildman–Crippen LogP) is 4.13.